The van der Waals surface area contributed by atoms with E-state index in [0.29, 0.717) is 43.4 Å². The quantitative estimate of drug-likeness (QED) is 0.613. The lowest BCUT2D eigenvalue weighted by molar-refractivity contribution is -0.142. The number of hydrogen-bond donors (Lipinski definition) is 0. The number of carbonyl (C=O) groups excluding carboxylic acids is 2. The third kappa shape index (κ3) is 3.99. The van der Waals surface area contributed by atoms with Crippen molar-refractivity contribution in [2.45, 2.75) is 13.0 Å². The van der Waals surface area contributed by atoms with Gasteiger partial charge in [-0.1, -0.05) is 42.0 Å². The number of benzene rings is 2. The van der Waals surface area contributed by atoms with Crippen molar-refractivity contribution in [1.82, 2.24) is 9.88 Å². The molecule has 0 spiro atoms. The number of para-hydroxylation sites is 2. The molecule has 32 heavy (non-hydrogen) atoms. The van der Waals surface area contributed by atoms with Gasteiger partial charge in [0, 0.05) is 24.0 Å². The van der Waals surface area contributed by atoms with E-state index in [9.17, 15) is 9.59 Å². The first kappa shape index (κ1) is 20.7. The lowest BCUT2D eigenvalue weighted by Crippen LogP contribution is -2.54. The Morgan fingerprint density at radius 3 is 2.59 bits per heavy atom. The summed E-state index contributed by atoms with van der Waals surface area (Å²) in [5.74, 6) is 0.155. The molecule has 1 atom stereocenters. The van der Waals surface area contributed by atoms with Crippen LogP contribution < -0.4 is 9.64 Å². The van der Waals surface area contributed by atoms with E-state index >= 15 is 0 Å². The van der Waals surface area contributed by atoms with Crippen LogP contribution in [-0.4, -0.2) is 60.7 Å². The van der Waals surface area contributed by atoms with Crippen LogP contribution in [0.15, 0.2) is 53.9 Å². The summed E-state index contributed by atoms with van der Waals surface area (Å²) in [4.78, 5) is 34.5. The van der Waals surface area contributed by atoms with E-state index in [1.807, 2.05) is 49.4 Å². The Hall–Kier alpha value is -3.23. The molecule has 2 aromatic carbocycles. The molecule has 0 aliphatic carbocycles. The summed E-state index contributed by atoms with van der Waals surface area (Å²) in [5.41, 5.74) is 3.15. The fraction of sp³-hybridized carbons (Fsp3) is 0.292. The number of ether oxygens (including phenoxy) is 2. The van der Waals surface area contributed by atoms with Gasteiger partial charge in [-0.15, -0.1) is 11.3 Å². The van der Waals surface area contributed by atoms with Gasteiger partial charge in [-0.2, -0.15) is 0 Å². The van der Waals surface area contributed by atoms with E-state index in [1.54, 1.807) is 21.2 Å². The van der Waals surface area contributed by atoms with Crippen molar-refractivity contribution in [2.24, 2.45) is 0 Å². The molecule has 1 fully saturated rings. The highest BCUT2D eigenvalue weighted by molar-refractivity contribution is 7.13. The van der Waals surface area contributed by atoms with Gasteiger partial charge < -0.3 is 14.4 Å². The minimum Gasteiger partial charge on any atom is -0.476 e. The molecule has 2 aliphatic heterocycles. The van der Waals surface area contributed by atoms with Crippen LogP contribution in [-0.2, 0) is 9.53 Å². The van der Waals surface area contributed by atoms with E-state index in [-0.39, 0.29) is 18.4 Å². The monoisotopic (exact) mass is 449 g/mol. The largest absolute Gasteiger partial charge is 0.476 e. The van der Waals surface area contributed by atoms with Gasteiger partial charge in [0.2, 0.25) is 0 Å². The number of thiazole rings is 1. The van der Waals surface area contributed by atoms with E-state index < -0.39 is 6.10 Å². The third-order valence-electron chi connectivity index (χ3n) is 5.64. The van der Waals surface area contributed by atoms with Gasteiger partial charge in [0.05, 0.1) is 25.4 Å². The van der Waals surface area contributed by atoms with E-state index in [0.717, 1.165) is 10.6 Å². The lowest BCUT2D eigenvalue weighted by Gasteiger charge is -2.37. The minimum atomic E-state index is -0.762. The number of anilines is 1. The lowest BCUT2D eigenvalue weighted by atomic mass is 10.1. The topological polar surface area (TPSA) is 72.0 Å². The molecule has 5 rings (SSSR count). The van der Waals surface area contributed by atoms with Crippen molar-refractivity contribution in [3.05, 3.63) is 65.2 Å². The van der Waals surface area contributed by atoms with Crippen molar-refractivity contribution >= 4 is 28.8 Å². The maximum atomic E-state index is 13.5. The molecule has 3 heterocycles. The number of morpholine rings is 1. The van der Waals surface area contributed by atoms with Gasteiger partial charge in [-0.05, 0) is 19.1 Å². The summed E-state index contributed by atoms with van der Waals surface area (Å²) in [6, 6.07) is 15.4. The minimum absolute atomic E-state index is 0.126. The fourth-order valence-corrected chi connectivity index (χ4v) is 4.68. The van der Waals surface area contributed by atoms with Crippen LogP contribution in [0, 0.1) is 6.92 Å². The van der Waals surface area contributed by atoms with Gasteiger partial charge in [0.15, 0.2) is 6.10 Å². The number of aryl methyl sites for hydroxylation is 1. The molecular formula is C24H23N3O4S. The number of fused-ring (bicyclic) bond motifs is 1. The van der Waals surface area contributed by atoms with Gasteiger partial charge in [0.1, 0.15) is 16.5 Å². The first-order valence-corrected chi connectivity index (χ1v) is 11.4. The molecule has 7 nitrogen and oxygen atoms in total. The zero-order valence-corrected chi connectivity index (χ0v) is 18.5. The van der Waals surface area contributed by atoms with Crippen LogP contribution in [0.2, 0.25) is 0 Å². The second-order valence-corrected chi connectivity index (χ2v) is 8.69. The van der Waals surface area contributed by atoms with Gasteiger partial charge in [0.25, 0.3) is 11.8 Å². The average molecular weight is 450 g/mol. The summed E-state index contributed by atoms with van der Waals surface area (Å²) in [6.07, 6.45) is -0.762. The van der Waals surface area contributed by atoms with Crippen molar-refractivity contribution in [1.29, 1.82) is 0 Å². The summed E-state index contributed by atoms with van der Waals surface area (Å²) in [6.45, 7) is 4.26. The Kier molecular flexibility index (Phi) is 5.63. The summed E-state index contributed by atoms with van der Waals surface area (Å²) >= 11 is 1.43. The highest BCUT2D eigenvalue weighted by atomic mass is 32.1. The molecule has 0 saturated carbocycles. The van der Waals surface area contributed by atoms with Crippen LogP contribution in [0.4, 0.5) is 5.69 Å². The first-order valence-electron chi connectivity index (χ1n) is 10.6. The van der Waals surface area contributed by atoms with Crippen LogP contribution >= 0.6 is 11.3 Å². The second-order valence-electron chi connectivity index (χ2n) is 7.83. The van der Waals surface area contributed by atoms with E-state index in [1.165, 1.54) is 16.9 Å². The molecule has 2 amide bonds. The molecule has 2 aliphatic rings. The first-order chi connectivity index (χ1) is 15.6. The zero-order chi connectivity index (χ0) is 22.1. The second kappa shape index (κ2) is 8.72. The molecule has 8 heteroatoms. The SMILES string of the molecule is Cc1ccc(-c2nc(C(=O)N3C[C@@H](C(=O)N4CCOCC4)Oc4ccccc43)cs2)cc1. The third-order valence-corrected chi connectivity index (χ3v) is 6.53. The Labute approximate surface area is 190 Å². The molecule has 1 saturated heterocycles. The predicted molar refractivity (Wildman–Crippen MR) is 122 cm³/mol. The van der Waals surface area contributed by atoms with Crippen molar-refractivity contribution < 1.29 is 19.1 Å². The Balaban J connectivity index is 1.42. The number of nitrogens with zero attached hydrogens (tertiary/aromatic N) is 3. The zero-order valence-electron chi connectivity index (χ0n) is 17.7. The summed E-state index contributed by atoms with van der Waals surface area (Å²) < 4.78 is 11.4. The highest BCUT2D eigenvalue weighted by Gasteiger charge is 2.37. The molecule has 0 bridgehead atoms. The van der Waals surface area contributed by atoms with E-state index in [4.69, 9.17) is 9.47 Å². The summed E-state index contributed by atoms with van der Waals surface area (Å²) in [5, 5.41) is 2.56. The molecule has 164 valence electrons. The van der Waals surface area contributed by atoms with Gasteiger partial charge in [-0.25, -0.2) is 4.98 Å². The molecule has 0 unspecified atom stereocenters. The Morgan fingerprint density at radius 2 is 1.81 bits per heavy atom. The fourth-order valence-electron chi connectivity index (χ4n) is 3.88. The van der Waals surface area contributed by atoms with Crippen LogP contribution in [0.1, 0.15) is 16.1 Å². The number of aromatic nitrogens is 1. The van der Waals surface area contributed by atoms with E-state index in [2.05, 4.69) is 4.98 Å². The number of amides is 2. The molecule has 0 radical (unpaired) electrons. The standard InChI is InChI=1S/C24H23N3O4S/c1-16-6-8-17(9-7-16)22-25-18(15-32-22)23(28)27-14-21(24(29)26-10-12-30-13-11-26)31-20-5-3-2-4-19(20)27/h2-9,15,21H,10-14H2,1H3/t21-/m0/s1. The Morgan fingerprint density at radius 1 is 1.06 bits per heavy atom. The van der Waals surface area contributed by atoms with Crippen LogP contribution in [0.25, 0.3) is 10.6 Å². The number of carbonyl (C=O) groups is 2. The van der Waals surface area contributed by atoms with Crippen LogP contribution in [0.3, 0.4) is 0 Å². The summed E-state index contributed by atoms with van der Waals surface area (Å²) in [7, 11) is 0. The Bertz CT molecular complexity index is 1140. The number of hydrogen-bond acceptors (Lipinski definition) is 6. The normalized spacial score (nSPS) is 18.1. The molecule has 1 aromatic heterocycles. The number of rotatable bonds is 3. The van der Waals surface area contributed by atoms with Gasteiger partial charge in [-0.3, -0.25) is 14.5 Å². The molecule has 3 aromatic rings. The average Bonchev–Trinajstić information content (AvgIpc) is 3.34. The maximum absolute atomic E-state index is 13.5. The smallest absolute Gasteiger partial charge is 0.278 e. The molecule has 0 N–H and O–H groups in total. The van der Waals surface area contributed by atoms with Crippen molar-refractivity contribution in [3.8, 4) is 16.3 Å². The van der Waals surface area contributed by atoms with Gasteiger partial charge >= 0.3 is 0 Å². The highest BCUT2D eigenvalue weighted by Crippen LogP contribution is 2.35. The van der Waals surface area contributed by atoms with Crippen molar-refractivity contribution in [2.75, 3.05) is 37.7 Å². The maximum Gasteiger partial charge on any atom is 0.278 e. The predicted octanol–water partition coefficient (Wildman–Crippen LogP) is 3.39. The molecular weight excluding hydrogens is 426 g/mol. The van der Waals surface area contributed by atoms with Crippen LogP contribution in [0.5, 0.6) is 5.75 Å². The van der Waals surface area contributed by atoms with Crippen molar-refractivity contribution in [3.63, 3.8) is 0 Å².